The molecule has 0 aliphatic heterocycles. The molecule has 0 atom stereocenters. The first-order valence-corrected chi connectivity index (χ1v) is 7.00. The van der Waals surface area contributed by atoms with E-state index in [0.717, 1.165) is 24.3 Å². The second-order valence-corrected chi connectivity index (χ2v) is 4.86. The Labute approximate surface area is 114 Å². The molecule has 0 aliphatic carbocycles. The van der Waals surface area contributed by atoms with E-state index in [0.29, 0.717) is 0 Å². The number of hydrogen-bond donors (Lipinski definition) is 0. The van der Waals surface area contributed by atoms with E-state index in [1.165, 1.54) is 25.7 Å². The van der Waals surface area contributed by atoms with Gasteiger partial charge in [0, 0.05) is 6.42 Å². The molecule has 0 saturated heterocycles. The molecular weight excluding hydrogens is 248 g/mol. The van der Waals surface area contributed by atoms with Crippen LogP contribution in [-0.2, 0) is 11.2 Å². The van der Waals surface area contributed by atoms with Crippen molar-refractivity contribution in [2.75, 3.05) is 6.61 Å². The highest BCUT2D eigenvalue weighted by atomic mass is 35.5. The molecule has 100 valence electrons. The maximum Gasteiger partial charge on any atom is 0.226 e. The topological polar surface area (TPSA) is 26.3 Å². The van der Waals surface area contributed by atoms with Crippen molar-refractivity contribution in [3.05, 3.63) is 29.8 Å². The normalized spacial score (nSPS) is 10.3. The fourth-order valence-corrected chi connectivity index (χ4v) is 1.91. The summed E-state index contributed by atoms with van der Waals surface area (Å²) in [6, 6.07) is 7.54. The molecule has 1 aromatic carbocycles. The maximum absolute atomic E-state index is 10.7. The molecule has 0 amide bonds. The summed E-state index contributed by atoms with van der Waals surface area (Å²) in [4.78, 5) is 10.7. The van der Waals surface area contributed by atoms with E-state index in [1.54, 1.807) is 0 Å². The lowest BCUT2D eigenvalue weighted by Crippen LogP contribution is -1.98. The minimum Gasteiger partial charge on any atom is -0.494 e. The van der Waals surface area contributed by atoms with Gasteiger partial charge in [0.2, 0.25) is 5.24 Å². The van der Waals surface area contributed by atoms with Crippen LogP contribution in [0.5, 0.6) is 5.75 Å². The van der Waals surface area contributed by atoms with E-state index in [2.05, 4.69) is 6.92 Å². The number of hydrogen-bond acceptors (Lipinski definition) is 2. The minimum absolute atomic E-state index is 0.277. The van der Waals surface area contributed by atoms with Gasteiger partial charge in [-0.25, -0.2) is 0 Å². The van der Waals surface area contributed by atoms with Gasteiger partial charge < -0.3 is 4.74 Å². The van der Waals surface area contributed by atoms with Crippen LogP contribution in [0.25, 0.3) is 0 Å². The van der Waals surface area contributed by atoms with Gasteiger partial charge in [-0.15, -0.1) is 0 Å². The van der Waals surface area contributed by atoms with Gasteiger partial charge in [0.15, 0.2) is 0 Å². The van der Waals surface area contributed by atoms with Gasteiger partial charge in [-0.05, 0) is 35.7 Å². The molecule has 0 fully saturated rings. The fraction of sp³-hybridized carbons (Fsp3) is 0.533. The van der Waals surface area contributed by atoms with E-state index >= 15 is 0 Å². The predicted octanol–water partition coefficient (Wildman–Crippen LogP) is 4.34. The van der Waals surface area contributed by atoms with Gasteiger partial charge in [0.25, 0.3) is 0 Å². The summed E-state index contributed by atoms with van der Waals surface area (Å²) in [5, 5.41) is -0.334. The fourth-order valence-electron chi connectivity index (χ4n) is 1.76. The summed E-state index contributed by atoms with van der Waals surface area (Å²) in [5.74, 6) is 0.858. The van der Waals surface area contributed by atoms with Crippen molar-refractivity contribution in [2.24, 2.45) is 0 Å². The van der Waals surface area contributed by atoms with Crippen LogP contribution in [0.3, 0.4) is 0 Å². The summed E-state index contributed by atoms with van der Waals surface area (Å²) in [6.45, 7) is 2.97. The van der Waals surface area contributed by atoms with Crippen molar-refractivity contribution in [1.29, 1.82) is 0 Å². The second-order valence-electron chi connectivity index (χ2n) is 4.44. The van der Waals surface area contributed by atoms with Crippen LogP contribution in [0.1, 0.15) is 44.6 Å². The predicted molar refractivity (Wildman–Crippen MR) is 75.3 cm³/mol. The molecule has 0 N–H and O–H groups in total. The van der Waals surface area contributed by atoms with E-state index in [1.807, 2.05) is 24.3 Å². The smallest absolute Gasteiger partial charge is 0.226 e. The van der Waals surface area contributed by atoms with Gasteiger partial charge in [0.1, 0.15) is 5.75 Å². The van der Waals surface area contributed by atoms with Crippen molar-refractivity contribution in [3.8, 4) is 5.75 Å². The zero-order valence-electron chi connectivity index (χ0n) is 11.0. The van der Waals surface area contributed by atoms with Crippen LogP contribution in [-0.4, -0.2) is 11.8 Å². The largest absolute Gasteiger partial charge is 0.494 e. The molecule has 0 aromatic heterocycles. The Balaban J connectivity index is 2.20. The minimum atomic E-state index is -0.334. The quantitative estimate of drug-likeness (QED) is 0.492. The lowest BCUT2D eigenvalue weighted by atomic mass is 10.1. The number of carbonyl (C=O) groups excluding carboxylic acids is 1. The molecule has 1 rings (SSSR count). The van der Waals surface area contributed by atoms with E-state index in [-0.39, 0.29) is 11.7 Å². The third-order valence-corrected chi connectivity index (χ3v) is 2.92. The average Bonchev–Trinajstić information content (AvgIpc) is 2.35. The summed E-state index contributed by atoms with van der Waals surface area (Å²) < 4.78 is 5.63. The van der Waals surface area contributed by atoms with Crippen molar-refractivity contribution < 1.29 is 9.53 Å². The Bertz CT molecular complexity index is 346. The van der Waals surface area contributed by atoms with Crippen LogP contribution in [0.4, 0.5) is 0 Å². The monoisotopic (exact) mass is 268 g/mol. The highest BCUT2D eigenvalue weighted by Crippen LogP contribution is 2.14. The molecule has 0 radical (unpaired) electrons. The average molecular weight is 269 g/mol. The molecule has 3 heteroatoms. The van der Waals surface area contributed by atoms with Gasteiger partial charge >= 0.3 is 0 Å². The van der Waals surface area contributed by atoms with Crippen molar-refractivity contribution in [2.45, 2.75) is 45.4 Å². The molecule has 0 spiro atoms. The van der Waals surface area contributed by atoms with Crippen molar-refractivity contribution in [1.82, 2.24) is 0 Å². The Morgan fingerprint density at radius 3 is 2.39 bits per heavy atom. The molecule has 0 heterocycles. The molecule has 2 nitrogen and oxygen atoms in total. The first kappa shape index (κ1) is 15.0. The van der Waals surface area contributed by atoms with Crippen LogP contribution in [0, 0.1) is 0 Å². The zero-order chi connectivity index (χ0) is 13.2. The van der Waals surface area contributed by atoms with Crippen molar-refractivity contribution >= 4 is 16.8 Å². The van der Waals surface area contributed by atoms with Crippen molar-refractivity contribution in [3.63, 3.8) is 0 Å². The van der Waals surface area contributed by atoms with Crippen LogP contribution in [0.15, 0.2) is 24.3 Å². The highest BCUT2D eigenvalue weighted by molar-refractivity contribution is 6.63. The number of carbonyl (C=O) groups is 1. The lowest BCUT2D eigenvalue weighted by molar-refractivity contribution is -0.111. The number of ether oxygens (including phenoxy) is 1. The third kappa shape index (κ3) is 6.65. The van der Waals surface area contributed by atoms with Crippen LogP contribution >= 0.6 is 11.6 Å². The molecule has 0 bridgehead atoms. The number of unbranched alkanes of at least 4 members (excludes halogenated alkanes) is 4. The second kappa shape index (κ2) is 8.98. The van der Waals surface area contributed by atoms with Gasteiger partial charge in [-0.2, -0.15) is 0 Å². The standard InChI is InChI=1S/C15H21ClO2/c1-2-3-4-5-6-11-18-14-9-7-13(8-10-14)12-15(16)17/h7-10H,2-6,11-12H2,1H3. The molecule has 18 heavy (non-hydrogen) atoms. The first-order chi connectivity index (χ1) is 8.72. The van der Waals surface area contributed by atoms with Gasteiger partial charge in [-0.1, -0.05) is 44.7 Å². The number of halogens is 1. The molecule has 0 aliphatic rings. The molecule has 0 saturated carbocycles. The van der Waals surface area contributed by atoms with Crippen LogP contribution in [0.2, 0.25) is 0 Å². The highest BCUT2D eigenvalue weighted by Gasteiger charge is 2.00. The Kier molecular flexibility index (Phi) is 7.51. The summed E-state index contributed by atoms with van der Waals surface area (Å²) in [5.41, 5.74) is 0.922. The van der Waals surface area contributed by atoms with E-state index in [9.17, 15) is 4.79 Å². The summed E-state index contributed by atoms with van der Waals surface area (Å²) >= 11 is 5.33. The summed E-state index contributed by atoms with van der Waals surface area (Å²) in [6.07, 6.45) is 6.47. The third-order valence-electron chi connectivity index (χ3n) is 2.78. The summed E-state index contributed by atoms with van der Waals surface area (Å²) in [7, 11) is 0. The Hall–Kier alpha value is -1.02. The van der Waals surface area contributed by atoms with E-state index < -0.39 is 0 Å². The Morgan fingerprint density at radius 2 is 1.78 bits per heavy atom. The molecular formula is C15H21ClO2. The number of benzene rings is 1. The lowest BCUT2D eigenvalue weighted by Gasteiger charge is -2.06. The molecule has 0 unspecified atom stereocenters. The van der Waals surface area contributed by atoms with Gasteiger partial charge in [0.05, 0.1) is 6.61 Å². The Morgan fingerprint density at radius 1 is 1.11 bits per heavy atom. The van der Waals surface area contributed by atoms with Crippen LogP contribution < -0.4 is 4.74 Å². The first-order valence-electron chi connectivity index (χ1n) is 6.62. The number of rotatable bonds is 9. The zero-order valence-corrected chi connectivity index (χ0v) is 11.7. The van der Waals surface area contributed by atoms with Gasteiger partial charge in [-0.3, -0.25) is 4.79 Å². The SMILES string of the molecule is CCCCCCCOc1ccc(CC(=O)Cl)cc1. The maximum atomic E-state index is 10.7. The molecule has 1 aromatic rings. The van der Waals surface area contributed by atoms with E-state index in [4.69, 9.17) is 16.3 Å².